The summed E-state index contributed by atoms with van der Waals surface area (Å²) in [7, 11) is 0. The molecule has 1 fully saturated rings. The highest BCUT2D eigenvalue weighted by atomic mass is 16.4. The second-order valence-electron chi connectivity index (χ2n) is 6.35. The van der Waals surface area contributed by atoms with Gasteiger partial charge in [0.1, 0.15) is 6.04 Å². The third kappa shape index (κ3) is 5.61. The zero-order valence-electron chi connectivity index (χ0n) is 14.7. The van der Waals surface area contributed by atoms with Crippen LogP contribution >= 0.6 is 0 Å². The van der Waals surface area contributed by atoms with Crippen molar-refractivity contribution in [2.75, 3.05) is 18.4 Å². The second kappa shape index (κ2) is 9.60. The van der Waals surface area contributed by atoms with Gasteiger partial charge in [0.25, 0.3) is 0 Å². The third-order valence-corrected chi connectivity index (χ3v) is 4.38. The summed E-state index contributed by atoms with van der Waals surface area (Å²) < 4.78 is 0. The van der Waals surface area contributed by atoms with E-state index < -0.39 is 17.9 Å². The maximum absolute atomic E-state index is 12.4. The van der Waals surface area contributed by atoms with E-state index in [1.165, 1.54) is 0 Å². The van der Waals surface area contributed by atoms with Gasteiger partial charge in [0, 0.05) is 18.8 Å². The van der Waals surface area contributed by atoms with Crippen LogP contribution in [0.25, 0.3) is 0 Å². The zero-order valence-corrected chi connectivity index (χ0v) is 14.7. The molecule has 3 N–H and O–H groups in total. The van der Waals surface area contributed by atoms with Crippen LogP contribution in [0.1, 0.15) is 25.7 Å². The number of rotatable bonds is 7. The van der Waals surface area contributed by atoms with Gasteiger partial charge in [-0.1, -0.05) is 24.3 Å². The quantitative estimate of drug-likeness (QED) is 0.651. The van der Waals surface area contributed by atoms with Gasteiger partial charge < -0.3 is 20.6 Å². The molecule has 2 rings (SSSR count). The summed E-state index contributed by atoms with van der Waals surface area (Å²) in [5.74, 6) is -1.79. The van der Waals surface area contributed by atoms with Gasteiger partial charge in [0.05, 0.1) is 5.92 Å². The molecule has 1 aliphatic rings. The van der Waals surface area contributed by atoms with Gasteiger partial charge in [-0.3, -0.25) is 4.79 Å². The molecule has 26 heavy (non-hydrogen) atoms. The molecule has 0 aromatic heterocycles. The van der Waals surface area contributed by atoms with Crippen molar-refractivity contribution in [1.29, 1.82) is 0 Å². The Labute approximate surface area is 153 Å². The Balaban J connectivity index is 1.91. The standard InChI is InChI=1S/C19H25N3O4/c1-2-3-11-16(18(24)25)21-17(23)14-8-7-12-22(13-14)19(26)20-15-9-5-4-6-10-15/h2,4-6,9-10,14,16H,1,3,7-8,11-13H2,(H,20,26)(H,21,23)(H,24,25). The molecule has 0 saturated carbocycles. The van der Waals surface area contributed by atoms with E-state index in [-0.39, 0.29) is 18.5 Å². The first-order valence-electron chi connectivity index (χ1n) is 8.76. The summed E-state index contributed by atoms with van der Waals surface area (Å²) in [6, 6.07) is 7.92. The fourth-order valence-electron chi connectivity index (χ4n) is 2.93. The first-order valence-corrected chi connectivity index (χ1v) is 8.76. The van der Waals surface area contributed by atoms with Gasteiger partial charge >= 0.3 is 12.0 Å². The lowest BCUT2D eigenvalue weighted by Crippen LogP contribution is -2.50. The predicted molar refractivity (Wildman–Crippen MR) is 98.8 cm³/mol. The van der Waals surface area contributed by atoms with Gasteiger partial charge in [-0.25, -0.2) is 9.59 Å². The highest BCUT2D eigenvalue weighted by Gasteiger charge is 2.30. The number of allylic oxidation sites excluding steroid dienone is 1. The lowest BCUT2D eigenvalue weighted by molar-refractivity contribution is -0.142. The summed E-state index contributed by atoms with van der Waals surface area (Å²) in [6.07, 6.45) is 3.76. The molecule has 140 valence electrons. The molecule has 2 unspecified atom stereocenters. The number of likely N-dealkylation sites (tertiary alicyclic amines) is 1. The smallest absolute Gasteiger partial charge is 0.326 e. The van der Waals surface area contributed by atoms with Crippen LogP contribution in [-0.2, 0) is 9.59 Å². The van der Waals surface area contributed by atoms with Crippen LogP contribution in [0, 0.1) is 5.92 Å². The molecule has 1 saturated heterocycles. The summed E-state index contributed by atoms with van der Waals surface area (Å²) in [4.78, 5) is 37.7. The van der Waals surface area contributed by atoms with Gasteiger partial charge in [-0.2, -0.15) is 0 Å². The van der Waals surface area contributed by atoms with Crippen LogP contribution in [0.5, 0.6) is 0 Å². The number of carbonyl (C=O) groups is 3. The lowest BCUT2D eigenvalue weighted by Gasteiger charge is -2.32. The zero-order chi connectivity index (χ0) is 18.9. The minimum atomic E-state index is -1.06. The predicted octanol–water partition coefficient (Wildman–Crippen LogP) is 2.47. The van der Waals surface area contributed by atoms with Crippen molar-refractivity contribution in [3.05, 3.63) is 43.0 Å². The summed E-state index contributed by atoms with van der Waals surface area (Å²) in [6.45, 7) is 4.41. The average molecular weight is 359 g/mol. The number of nitrogens with one attached hydrogen (secondary N) is 2. The molecular formula is C19H25N3O4. The van der Waals surface area contributed by atoms with Gasteiger partial charge in [-0.05, 0) is 37.8 Å². The molecule has 0 bridgehead atoms. The maximum atomic E-state index is 12.4. The van der Waals surface area contributed by atoms with E-state index in [1.54, 1.807) is 23.1 Å². The number of amides is 3. The number of carboxylic acid groups (broad SMARTS) is 1. The van der Waals surface area contributed by atoms with E-state index in [4.69, 9.17) is 0 Å². The van der Waals surface area contributed by atoms with E-state index in [1.807, 2.05) is 18.2 Å². The molecule has 7 nitrogen and oxygen atoms in total. The third-order valence-electron chi connectivity index (χ3n) is 4.38. The molecule has 1 heterocycles. The van der Waals surface area contributed by atoms with Crippen molar-refractivity contribution in [3.63, 3.8) is 0 Å². The number of urea groups is 1. The SMILES string of the molecule is C=CCCC(NC(=O)C1CCCN(C(=O)Nc2ccccc2)C1)C(=O)O. The van der Waals surface area contributed by atoms with Crippen LogP contribution < -0.4 is 10.6 Å². The molecular weight excluding hydrogens is 334 g/mol. The van der Waals surface area contributed by atoms with E-state index in [9.17, 15) is 19.5 Å². The molecule has 3 amide bonds. The molecule has 0 aliphatic carbocycles. The minimum Gasteiger partial charge on any atom is -0.480 e. The molecule has 2 atom stereocenters. The second-order valence-corrected chi connectivity index (χ2v) is 6.35. The fraction of sp³-hybridized carbons (Fsp3) is 0.421. The van der Waals surface area contributed by atoms with E-state index in [0.29, 0.717) is 37.9 Å². The van der Waals surface area contributed by atoms with Gasteiger partial charge in [0.2, 0.25) is 5.91 Å². The Morgan fingerprint density at radius 3 is 2.69 bits per heavy atom. The van der Waals surface area contributed by atoms with E-state index >= 15 is 0 Å². The average Bonchev–Trinajstić information content (AvgIpc) is 2.65. The Kier molecular flexibility index (Phi) is 7.20. The first kappa shape index (κ1) is 19.5. The van der Waals surface area contributed by atoms with Crippen molar-refractivity contribution in [2.45, 2.75) is 31.7 Å². The van der Waals surface area contributed by atoms with Crippen LogP contribution in [0.4, 0.5) is 10.5 Å². The van der Waals surface area contributed by atoms with Crippen LogP contribution in [0.2, 0.25) is 0 Å². The minimum absolute atomic E-state index is 0.254. The molecule has 7 heteroatoms. The Morgan fingerprint density at radius 1 is 1.31 bits per heavy atom. The number of para-hydroxylation sites is 1. The lowest BCUT2D eigenvalue weighted by atomic mass is 9.96. The highest BCUT2D eigenvalue weighted by Crippen LogP contribution is 2.18. The van der Waals surface area contributed by atoms with E-state index in [0.717, 1.165) is 0 Å². The number of nitrogens with zero attached hydrogens (tertiary/aromatic N) is 1. The van der Waals surface area contributed by atoms with Gasteiger partial charge in [0.15, 0.2) is 0 Å². The van der Waals surface area contributed by atoms with Crippen LogP contribution in [-0.4, -0.2) is 47.0 Å². The van der Waals surface area contributed by atoms with E-state index in [2.05, 4.69) is 17.2 Å². The Bertz CT molecular complexity index is 647. The summed E-state index contributed by atoms with van der Waals surface area (Å²) >= 11 is 0. The molecule has 0 spiro atoms. The number of benzene rings is 1. The van der Waals surface area contributed by atoms with Crippen molar-refractivity contribution >= 4 is 23.6 Å². The summed E-state index contributed by atoms with van der Waals surface area (Å²) in [5, 5.41) is 14.6. The Hall–Kier alpha value is -2.83. The van der Waals surface area contributed by atoms with Crippen LogP contribution in [0.15, 0.2) is 43.0 Å². The topological polar surface area (TPSA) is 98.7 Å². The number of carbonyl (C=O) groups excluding carboxylic acids is 2. The molecule has 1 aliphatic heterocycles. The monoisotopic (exact) mass is 359 g/mol. The number of piperidine rings is 1. The highest BCUT2D eigenvalue weighted by molar-refractivity contribution is 5.90. The van der Waals surface area contributed by atoms with Crippen molar-refractivity contribution in [2.24, 2.45) is 5.92 Å². The largest absolute Gasteiger partial charge is 0.480 e. The molecule has 0 radical (unpaired) electrons. The number of carboxylic acids is 1. The fourth-order valence-corrected chi connectivity index (χ4v) is 2.93. The van der Waals surface area contributed by atoms with Crippen molar-refractivity contribution in [1.82, 2.24) is 10.2 Å². The molecule has 1 aromatic carbocycles. The first-order chi connectivity index (χ1) is 12.5. The summed E-state index contributed by atoms with van der Waals surface area (Å²) in [5.41, 5.74) is 0.694. The molecule has 1 aromatic rings. The maximum Gasteiger partial charge on any atom is 0.326 e. The van der Waals surface area contributed by atoms with Crippen molar-refractivity contribution in [3.8, 4) is 0 Å². The normalized spacial score (nSPS) is 17.8. The Morgan fingerprint density at radius 2 is 2.04 bits per heavy atom. The number of hydrogen-bond acceptors (Lipinski definition) is 3. The van der Waals surface area contributed by atoms with Crippen molar-refractivity contribution < 1.29 is 19.5 Å². The van der Waals surface area contributed by atoms with Gasteiger partial charge in [-0.15, -0.1) is 6.58 Å². The number of aliphatic carboxylic acids is 1. The number of anilines is 1. The number of hydrogen-bond donors (Lipinski definition) is 3. The van der Waals surface area contributed by atoms with Crippen LogP contribution in [0.3, 0.4) is 0 Å².